The van der Waals surface area contributed by atoms with Crippen LogP contribution in [0, 0.1) is 6.92 Å². The van der Waals surface area contributed by atoms with Crippen molar-refractivity contribution >= 4 is 23.1 Å². The number of amides is 1. The molecule has 1 unspecified atom stereocenters. The number of ether oxygens (including phenoxy) is 3. The molecule has 0 saturated carbocycles. The Balaban J connectivity index is 1.89. The Morgan fingerprint density at radius 2 is 1.54 bits per heavy atom. The number of nitrogens with zero attached hydrogens (tertiary/aromatic N) is 1. The van der Waals surface area contributed by atoms with Crippen LogP contribution in [-0.2, 0) is 9.59 Å². The number of ketones is 1. The standard InChI is InChI=1S/C31H33NO7/c1-6-37-25-15-11-22(17-26(25)38-7-2)32-28(20-8-12-23(33)13-9-20)27(30(35)31(32)36)29(34)21-10-14-24(19(5)16-21)39-18(3)4/h8-18,28,33-34H,6-7H2,1-5H3/b29-27+. The van der Waals surface area contributed by atoms with E-state index in [2.05, 4.69) is 0 Å². The number of benzene rings is 3. The first-order valence-electron chi connectivity index (χ1n) is 12.9. The van der Waals surface area contributed by atoms with Gasteiger partial charge in [0.1, 0.15) is 17.3 Å². The van der Waals surface area contributed by atoms with Crippen molar-refractivity contribution in [2.45, 2.75) is 46.8 Å². The van der Waals surface area contributed by atoms with Gasteiger partial charge in [0.25, 0.3) is 11.7 Å². The van der Waals surface area contributed by atoms with Crippen molar-refractivity contribution in [3.05, 3.63) is 82.9 Å². The van der Waals surface area contributed by atoms with Crippen LogP contribution in [-0.4, -0.2) is 41.2 Å². The molecule has 1 amide bonds. The van der Waals surface area contributed by atoms with Crippen molar-refractivity contribution in [1.29, 1.82) is 0 Å². The molecular formula is C31H33NO7. The van der Waals surface area contributed by atoms with Gasteiger partial charge in [-0.1, -0.05) is 12.1 Å². The third-order valence-corrected chi connectivity index (χ3v) is 6.27. The van der Waals surface area contributed by atoms with Gasteiger partial charge in [-0.05, 0) is 88.2 Å². The first-order chi connectivity index (χ1) is 18.7. The highest BCUT2D eigenvalue weighted by Gasteiger charge is 2.47. The predicted molar refractivity (Wildman–Crippen MR) is 149 cm³/mol. The van der Waals surface area contributed by atoms with Gasteiger partial charge in [0.15, 0.2) is 11.5 Å². The third kappa shape index (κ3) is 5.55. The molecular weight excluding hydrogens is 498 g/mol. The van der Waals surface area contributed by atoms with Gasteiger partial charge < -0.3 is 24.4 Å². The van der Waals surface area contributed by atoms with Crippen LogP contribution >= 0.6 is 0 Å². The molecule has 1 atom stereocenters. The summed E-state index contributed by atoms with van der Waals surface area (Å²) in [6, 6.07) is 15.4. The summed E-state index contributed by atoms with van der Waals surface area (Å²) < 4.78 is 17.2. The number of hydrogen-bond acceptors (Lipinski definition) is 7. The zero-order chi connectivity index (χ0) is 28.3. The van der Waals surface area contributed by atoms with E-state index in [-0.39, 0.29) is 23.2 Å². The molecule has 4 rings (SSSR count). The fraction of sp³-hybridized carbons (Fsp3) is 0.290. The zero-order valence-corrected chi connectivity index (χ0v) is 22.7. The molecule has 0 bridgehead atoms. The lowest BCUT2D eigenvalue weighted by Gasteiger charge is -2.26. The van der Waals surface area contributed by atoms with Crippen LogP contribution < -0.4 is 19.1 Å². The molecule has 3 aromatic carbocycles. The lowest BCUT2D eigenvalue weighted by Crippen LogP contribution is -2.29. The highest BCUT2D eigenvalue weighted by molar-refractivity contribution is 6.51. The molecule has 1 saturated heterocycles. The summed E-state index contributed by atoms with van der Waals surface area (Å²) in [5.41, 5.74) is 2.03. The topological polar surface area (TPSA) is 106 Å². The number of carbonyl (C=O) groups is 2. The third-order valence-electron chi connectivity index (χ3n) is 6.27. The van der Waals surface area contributed by atoms with Crippen molar-refractivity contribution in [3.63, 3.8) is 0 Å². The molecule has 0 spiro atoms. The molecule has 8 heteroatoms. The average molecular weight is 532 g/mol. The van der Waals surface area contributed by atoms with Gasteiger partial charge in [0.2, 0.25) is 0 Å². The molecule has 1 heterocycles. The number of rotatable bonds is 9. The Bertz CT molecular complexity index is 1410. The number of aromatic hydroxyl groups is 1. The monoisotopic (exact) mass is 531 g/mol. The summed E-state index contributed by atoms with van der Waals surface area (Å²) >= 11 is 0. The summed E-state index contributed by atoms with van der Waals surface area (Å²) in [6.45, 7) is 10.2. The largest absolute Gasteiger partial charge is 0.508 e. The van der Waals surface area contributed by atoms with Crippen molar-refractivity contribution < 1.29 is 34.0 Å². The van der Waals surface area contributed by atoms with E-state index < -0.39 is 17.7 Å². The molecule has 0 radical (unpaired) electrons. The number of aryl methyl sites for hydroxylation is 1. The zero-order valence-electron chi connectivity index (χ0n) is 22.7. The summed E-state index contributed by atoms with van der Waals surface area (Å²) in [4.78, 5) is 28.3. The minimum atomic E-state index is -0.954. The number of hydrogen-bond donors (Lipinski definition) is 2. The van der Waals surface area contributed by atoms with Crippen LogP contribution in [0.2, 0.25) is 0 Å². The highest BCUT2D eigenvalue weighted by Crippen LogP contribution is 2.44. The van der Waals surface area contributed by atoms with E-state index in [1.54, 1.807) is 48.5 Å². The van der Waals surface area contributed by atoms with Gasteiger partial charge >= 0.3 is 0 Å². The maximum Gasteiger partial charge on any atom is 0.300 e. The minimum Gasteiger partial charge on any atom is -0.508 e. The molecule has 8 nitrogen and oxygen atoms in total. The first kappa shape index (κ1) is 27.6. The highest BCUT2D eigenvalue weighted by atomic mass is 16.5. The minimum absolute atomic E-state index is 0.0290. The lowest BCUT2D eigenvalue weighted by atomic mass is 9.94. The Kier molecular flexibility index (Phi) is 8.14. The number of phenolic OH excluding ortho intramolecular Hbond substituents is 1. The Labute approximate surface area is 228 Å². The molecule has 0 aliphatic carbocycles. The summed E-state index contributed by atoms with van der Waals surface area (Å²) in [7, 11) is 0. The van der Waals surface area contributed by atoms with E-state index in [0.29, 0.717) is 47.3 Å². The van der Waals surface area contributed by atoms with Crippen LogP contribution in [0.5, 0.6) is 23.0 Å². The average Bonchev–Trinajstić information content (AvgIpc) is 3.16. The van der Waals surface area contributed by atoms with Crippen molar-refractivity contribution in [2.24, 2.45) is 0 Å². The number of Topliss-reactive ketones (excluding diaryl/α,β-unsaturated/α-hetero) is 1. The predicted octanol–water partition coefficient (Wildman–Crippen LogP) is 5.91. The SMILES string of the molecule is CCOc1ccc(N2C(=O)C(=O)/C(=C(/O)c3ccc(OC(C)C)c(C)c3)C2c2ccc(O)cc2)cc1OCC. The van der Waals surface area contributed by atoms with Gasteiger partial charge in [-0.25, -0.2) is 0 Å². The van der Waals surface area contributed by atoms with E-state index in [0.717, 1.165) is 5.56 Å². The molecule has 2 N–H and O–H groups in total. The van der Waals surface area contributed by atoms with Crippen LogP contribution in [0.25, 0.3) is 5.76 Å². The lowest BCUT2D eigenvalue weighted by molar-refractivity contribution is -0.132. The molecule has 0 aromatic heterocycles. The van der Waals surface area contributed by atoms with Gasteiger partial charge in [-0.3, -0.25) is 14.5 Å². The van der Waals surface area contributed by atoms with Gasteiger partial charge in [-0.2, -0.15) is 0 Å². The summed E-state index contributed by atoms with van der Waals surface area (Å²) in [6.07, 6.45) is -0.0290. The van der Waals surface area contributed by atoms with E-state index >= 15 is 0 Å². The normalized spacial score (nSPS) is 16.6. The smallest absolute Gasteiger partial charge is 0.300 e. The molecule has 1 aliphatic rings. The van der Waals surface area contributed by atoms with Crippen LogP contribution in [0.1, 0.15) is 50.4 Å². The van der Waals surface area contributed by atoms with Crippen molar-refractivity contribution in [3.8, 4) is 23.0 Å². The Morgan fingerprint density at radius 1 is 0.897 bits per heavy atom. The molecule has 39 heavy (non-hydrogen) atoms. The van der Waals surface area contributed by atoms with E-state index in [1.807, 2.05) is 34.6 Å². The number of aliphatic hydroxyl groups excluding tert-OH is 1. The van der Waals surface area contributed by atoms with Crippen molar-refractivity contribution in [1.82, 2.24) is 0 Å². The van der Waals surface area contributed by atoms with Crippen LogP contribution in [0.3, 0.4) is 0 Å². The number of carbonyl (C=O) groups excluding carboxylic acids is 2. The maximum absolute atomic E-state index is 13.5. The van der Waals surface area contributed by atoms with Crippen LogP contribution in [0.4, 0.5) is 5.69 Å². The fourth-order valence-corrected chi connectivity index (χ4v) is 4.60. The number of phenols is 1. The summed E-state index contributed by atoms with van der Waals surface area (Å²) in [5.74, 6) is -0.277. The van der Waals surface area contributed by atoms with Crippen LogP contribution in [0.15, 0.2) is 66.2 Å². The number of aliphatic hydroxyl groups is 1. The van der Waals surface area contributed by atoms with E-state index in [4.69, 9.17) is 14.2 Å². The van der Waals surface area contributed by atoms with Gasteiger partial charge in [0.05, 0.1) is 30.9 Å². The second-order valence-electron chi connectivity index (χ2n) is 9.40. The van der Waals surface area contributed by atoms with Gasteiger partial charge in [-0.15, -0.1) is 0 Å². The second kappa shape index (κ2) is 11.5. The van der Waals surface area contributed by atoms with Gasteiger partial charge in [0, 0.05) is 17.3 Å². The molecule has 1 fully saturated rings. The number of anilines is 1. The Hall–Kier alpha value is -4.46. The molecule has 204 valence electrons. The quantitative estimate of drug-likeness (QED) is 0.201. The first-order valence-corrected chi connectivity index (χ1v) is 12.9. The van der Waals surface area contributed by atoms with E-state index in [1.165, 1.54) is 17.0 Å². The molecule has 3 aromatic rings. The Morgan fingerprint density at radius 3 is 2.15 bits per heavy atom. The fourth-order valence-electron chi connectivity index (χ4n) is 4.60. The summed E-state index contributed by atoms with van der Waals surface area (Å²) in [5, 5.41) is 21.3. The second-order valence-corrected chi connectivity index (χ2v) is 9.40. The maximum atomic E-state index is 13.5. The molecule has 1 aliphatic heterocycles. The van der Waals surface area contributed by atoms with Crippen molar-refractivity contribution in [2.75, 3.05) is 18.1 Å². The van der Waals surface area contributed by atoms with E-state index in [9.17, 15) is 19.8 Å².